The zero-order valence-corrected chi connectivity index (χ0v) is 11.3. The van der Waals surface area contributed by atoms with E-state index in [2.05, 4.69) is 16.4 Å². The van der Waals surface area contributed by atoms with Crippen molar-refractivity contribution in [3.8, 4) is 0 Å². The van der Waals surface area contributed by atoms with E-state index in [0.29, 0.717) is 24.6 Å². The third-order valence-corrected chi connectivity index (χ3v) is 3.66. The van der Waals surface area contributed by atoms with Crippen molar-refractivity contribution >= 4 is 23.2 Å². The van der Waals surface area contributed by atoms with Crippen LogP contribution >= 0.6 is 12.2 Å². The molecule has 0 radical (unpaired) electrons. The first-order chi connectivity index (χ1) is 8.72. The molecule has 1 amide bonds. The van der Waals surface area contributed by atoms with Crippen molar-refractivity contribution in [2.45, 2.75) is 6.42 Å². The molecule has 2 saturated heterocycles. The van der Waals surface area contributed by atoms with E-state index in [9.17, 15) is 4.79 Å². The molecule has 2 aliphatic rings. The summed E-state index contributed by atoms with van der Waals surface area (Å²) in [5.74, 6) is 0.0955. The van der Waals surface area contributed by atoms with E-state index >= 15 is 0 Å². The lowest BCUT2D eigenvalue weighted by Gasteiger charge is -2.40. The number of nitrogens with zero attached hydrogens (tertiary/aromatic N) is 3. The second kappa shape index (κ2) is 6.26. The van der Waals surface area contributed by atoms with Gasteiger partial charge < -0.3 is 9.64 Å². The molecule has 18 heavy (non-hydrogen) atoms. The van der Waals surface area contributed by atoms with Gasteiger partial charge in [0.15, 0.2) is 5.11 Å². The summed E-state index contributed by atoms with van der Waals surface area (Å²) in [6.45, 7) is 9.05. The van der Waals surface area contributed by atoms with Crippen molar-refractivity contribution in [2.24, 2.45) is 0 Å². The van der Waals surface area contributed by atoms with Crippen molar-refractivity contribution in [3.63, 3.8) is 0 Å². The highest BCUT2D eigenvalue weighted by Gasteiger charge is 2.29. The van der Waals surface area contributed by atoms with Crippen LogP contribution in [-0.4, -0.2) is 71.8 Å². The summed E-state index contributed by atoms with van der Waals surface area (Å²) in [5, 5.41) is 0.623. The maximum absolute atomic E-state index is 11.8. The molecular weight excluding hydrogens is 250 g/mol. The minimum absolute atomic E-state index is 0.0955. The summed E-state index contributed by atoms with van der Waals surface area (Å²) in [4.78, 5) is 17.8. The van der Waals surface area contributed by atoms with Crippen molar-refractivity contribution in [1.82, 2.24) is 14.7 Å². The number of morpholine rings is 1. The Morgan fingerprint density at radius 2 is 2.06 bits per heavy atom. The number of thiocarbonyl (C=S) groups is 1. The molecule has 2 rings (SSSR count). The minimum atomic E-state index is 0.0955. The van der Waals surface area contributed by atoms with Crippen LogP contribution in [-0.2, 0) is 9.53 Å². The molecule has 0 atom stereocenters. The normalized spacial score (nSPS) is 22.4. The number of carbonyl (C=O) groups is 1. The molecule has 0 unspecified atom stereocenters. The topological polar surface area (TPSA) is 36.0 Å². The molecular formula is C12H19N3O2S. The van der Waals surface area contributed by atoms with Crippen LogP contribution in [0, 0.1) is 0 Å². The van der Waals surface area contributed by atoms with Crippen LogP contribution in [0.25, 0.3) is 0 Å². The van der Waals surface area contributed by atoms with Crippen LogP contribution < -0.4 is 0 Å². The predicted molar refractivity (Wildman–Crippen MR) is 73.1 cm³/mol. The number of hydrogen-bond acceptors (Lipinski definition) is 4. The summed E-state index contributed by atoms with van der Waals surface area (Å²) >= 11 is 5.38. The molecule has 5 nitrogen and oxygen atoms in total. The standard InChI is InChI=1S/C12H19N3O2S/c1-2-4-15-11(16)3-5-14(12(15)18)10-13-6-8-17-9-7-13/h2H,1,3-10H2. The quantitative estimate of drug-likeness (QED) is 0.541. The van der Waals surface area contributed by atoms with E-state index in [0.717, 1.165) is 33.0 Å². The molecule has 0 aliphatic carbocycles. The number of rotatable bonds is 4. The van der Waals surface area contributed by atoms with Crippen molar-refractivity contribution in [3.05, 3.63) is 12.7 Å². The maximum atomic E-state index is 11.8. The third kappa shape index (κ3) is 3.07. The third-order valence-electron chi connectivity index (χ3n) is 3.18. The van der Waals surface area contributed by atoms with Gasteiger partial charge in [0, 0.05) is 32.6 Å². The van der Waals surface area contributed by atoms with Crippen LogP contribution in [0.2, 0.25) is 0 Å². The highest BCUT2D eigenvalue weighted by atomic mass is 32.1. The van der Waals surface area contributed by atoms with Crippen LogP contribution in [0.4, 0.5) is 0 Å². The summed E-state index contributed by atoms with van der Waals surface area (Å²) in [6.07, 6.45) is 2.24. The van der Waals surface area contributed by atoms with Gasteiger partial charge in [0.25, 0.3) is 0 Å². The van der Waals surface area contributed by atoms with Crippen LogP contribution in [0.1, 0.15) is 6.42 Å². The molecule has 0 aromatic rings. The van der Waals surface area contributed by atoms with E-state index in [1.54, 1.807) is 11.0 Å². The van der Waals surface area contributed by atoms with Gasteiger partial charge in [-0.2, -0.15) is 0 Å². The largest absolute Gasteiger partial charge is 0.379 e. The predicted octanol–water partition coefficient (Wildman–Crippen LogP) is 0.281. The fourth-order valence-corrected chi connectivity index (χ4v) is 2.49. The Hall–Kier alpha value is -0.980. The summed E-state index contributed by atoms with van der Waals surface area (Å²) in [7, 11) is 0. The van der Waals surface area contributed by atoms with Gasteiger partial charge >= 0.3 is 0 Å². The Bertz CT molecular complexity index is 342. The molecule has 2 fully saturated rings. The van der Waals surface area contributed by atoms with Gasteiger partial charge in [0.05, 0.1) is 19.9 Å². The van der Waals surface area contributed by atoms with Gasteiger partial charge in [-0.3, -0.25) is 14.6 Å². The van der Waals surface area contributed by atoms with E-state index in [1.807, 2.05) is 0 Å². The minimum Gasteiger partial charge on any atom is -0.379 e. The Balaban J connectivity index is 1.93. The maximum Gasteiger partial charge on any atom is 0.230 e. The fourth-order valence-electron chi connectivity index (χ4n) is 2.16. The zero-order chi connectivity index (χ0) is 13.0. The van der Waals surface area contributed by atoms with Crippen molar-refractivity contribution in [2.75, 3.05) is 46.1 Å². The lowest BCUT2D eigenvalue weighted by Crippen LogP contribution is -2.56. The number of hydrogen-bond donors (Lipinski definition) is 0. The van der Waals surface area contributed by atoms with Crippen LogP contribution in [0.15, 0.2) is 12.7 Å². The van der Waals surface area contributed by atoms with Crippen LogP contribution in [0.3, 0.4) is 0 Å². The van der Waals surface area contributed by atoms with Crippen molar-refractivity contribution < 1.29 is 9.53 Å². The molecule has 0 bridgehead atoms. The summed E-state index contributed by atoms with van der Waals surface area (Å²) in [5.41, 5.74) is 0. The average Bonchev–Trinajstić information content (AvgIpc) is 2.39. The molecule has 0 N–H and O–H groups in total. The zero-order valence-electron chi connectivity index (χ0n) is 10.5. The van der Waals surface area contributed by atoms with Gasteiger partial charge in [-0.25, -0.2) is 0 Å². The summed E-state index contributed by atoms with van der Waals surface area (Å²) in [6, 6.07) is 0. The number of carbonyl (C=O) groups excluding carboxylic acids is 1. The van der Waals surface area contributed by atoms with Gasteiger partial charge in [-0.05, 0) is 12.2 Å². The number of ether oxygens (including phenoxy) is 1. The molecule has 6 heteroatoms. The fraction of sp³-hybridized carbons (Fsp3) is 0.667. The first-order valence-corrected chi connectivity index (χ1v) is 6.63. The summed E-state index contributed by atoms with van der Waals surface area (Å²) < 4.78 is 5.32. The molecule has 100 valence electrons. The SMILES string of the molecule is C=CCN1C(=O)CCN(CN2CCOCC2)C1=S. The van der Waals surface area contributed by atoms with E-state index in [4.69, 9.17) is 17.0 Å². The second-order valence-electron chi connectivity index (χ2n) is 4.46. The molecule has 0 aromatic carbocycles. The van der Waals surface area contributed by atoms with Crippen LogP contribution in [0.5, 0.6) is 0 Å². The lowest BCUT2D eigenvalue weighted by molar-refractivity contribution is -0.129. The first-order valence-electron chi connectivity index (χ1n) is 6.22. The van der Waals surface area contributed by atoms with E-state index < -0.39 is 0 Å². The number of amides is 1. The first kappa shape index (κ1) is 13.5. The Morgan fingerprint density at radius 1 is 1.33 bits per heavy atom. The highest BCUT2D eigenvalue weighted by Crippen LogP contribution is 2.12. The average molecular weight is 269 g/mol. The monoisotopic (exact) mass is 269 g/mol. The van der Waals surface area contributed by atoms with Gasteiger partial charge in [0.1, 0.15) is 0 Å². The van der Waals surface area contributed by atoms with Gasteiger partial charge in [0.2, 0.25) is 5.91 Å². The van der Waals surface area contributed by atoms with Crippen molar-refractivity contribution in [1.29, 1.82) is 0 Å². The van der Waals surface area contributed by atoms with Gasteiger partial charge in [-0.15, -0.1) is 6.58 Å². The molecule has 2 aliphatic heterocycles. The highest BCUT2D eigenvalue weighted by molar-refractivity contribution is 7.80. The molecule has 0 spiro atoms. The molecule has 0 aromatic heterocycles. The second-order valence-corrected chi connectivity index (χ2v) is 4.83. The van der Waals surface area contributed by atoms with E-state index in [1.165, 1.54) is 0 Å². The smallest absolute Gasteiger partial charge is 0.230 e. The Kier molecular flexibility index (Phi) is 4.68. The molecule has 2 heterocycles. The van der Waals surface area contributed by atoms with E-state index in [-0.39, 0.29) is 5.91 Å². The molecule has 0 saturated carbocycles. The van der Waals surface area contributed by atoms with Gasteiger partial charge in [-0.1, -0.05) is 6.08 Å². The lowest BCUT2D eigenvalue weighted by atomic mass is 10.3. The Labute approximate surface area is 113 Å². The Morgan fingerprint density at radius 3 is 2.72 bits per heavy atom.